The molecule has 1 N–H and O–H groups in total. The average molecular weight is 116 g/mol. The molecule has 0 saturated carbocycles. The van der Waals surface area contributed by atoms with Gasteiger partial charge in [-0.3, -0.25) is 0 Å². The molecule has 0 aromatic heterocycles. The molecule has 1 radical (unpaired) electrons. The van der Waals surface area contributed by atoms with Crippen LogP contribution in [0.15, 0.2) is 0 Å². The van der Waals surface area contributed by atoms with Gasteiger partial charge in [-0.25, -0.2) is 4.39 Å². The fraction of sp³-hybridized carbons (Fsp3) is 0.667. The molecule has 0 amide bonds. The number of rotatable bonds is 3. The van der Waals surface area contributed by atoms with Gasteiger partial charge in [-0.2, -0.15) is 0 Å². The highest BCUT2D eigenvalue weighted by molar-refractivity contribution is 5.82. The monoisotopic (exact) mass is 116 g/mol. The summed E-state index contributed by atoms with van der Waals surface area (Å²) in [6.07, 6.45) is -0.221. The van der Waals surface area contributed by atoms with E-state index in [1.54, 1.807) is 0 Å². The fourth-order valence-corrected chi connectivity index (χ4v) is 0.442. The van der Waals surface area contributed by atoms with Crippen molar-refractivity contribution in [2.24, 2.45) is 0 Å². The molecule has 0 bridgehead atoms. The Kier molecular flexibility index (Phi) is 3.40. The van der Waals surface area contributed by atoms with Gasteiger partial charge in [0.2, 0.25) is 0 Å². The first-order valence-electron chi connectivity index (χ1n) is 2.66. The number of hydrogen-bond acceptors (Lipinski definition) is 1. The van der Waals surface area contributed by atoms with Crippen molar-refractivity contribution in [3.05, 3.63) is 6.92 Å². The van der Waals surface area contributed by atoms with Crippen molar-refractivity contribution in [3.8, 4) is 0 Å². The standard InChI is InChI=1S/C6H11FN/c1-3-6(8)4-5(2)7/h5,8H,1,3-4H2,2H3/t5-/m1/s1. The first kappa shape index (κ1) is 7.60. The Labute approximate surface area is 49.4 Å². The van der Waals surface area contributed by atoms with E-state index in [1.807, 2.05) is 0 Å². The molecule has 0 unspecified atom stereocenters. The molecule has 1 nitrogen and oxygen atoms in total. The summed E-state index contributed by atoms with van der Waals surface area (Å²) in [7, 11) is 0. The van der Waals surface area contributed by atoms with Crippen LogP contribution in [-0.2, 0) is 0 Å². The molecule has 0 rings (SSSR count). The molecule has 0 aliphatic carbocycles. The molecular weight excluding hydrogens is 105 g/mol. The van der Waals surface area contributed by atoms with Crippen molar-refractivity contribution in [2.45, 2.75) is 25.9 Å². The van der Waals surface area contributed by atoms with Gasteiger partial charge in [0.1, 0.15) is 6.17 Å². The quantitative estimate of drug-likeness (QED) is 0.545. The van der Waals surface area contributed by atoms with Crippen LogP contribution in [0.1, 0.15) is 19.8 Å². The Morgan fingerprint density at radius 2 is 2.38 bits per heavy atom. The van der Waals surface area contributed by atoms with E-state index in [0.717, 1.165) is 0 Å². The molecule has 47 valence electrons. The Hall–Kier alpha value is -0.400. The van der Waals surface area contributed by atoms with E-state index in [1.165, 1.54) is 6.92 Å². The summed E-state index contributed by atoms with van der Waals surface area (Å²) in [6.45, 7) is 4.90. The second-order valence-corrected chi connectivity index (χ2v) is 1.84. The SMILES string of the molecule is [CH2]CC(=N)C[C@@H](C)F. The van der Waals surface area contributed by atoms with Crippen LogP contribution in [0.5, 0.6) is 0 Å². The molecule has 0 heterocycles. The van der Waals surface area contributed by atoms with Crippen molar-refractivity contribution >= 4 is 5.71 Å². The van der Waals surface area contributed by atoms with E-state index in [2.05, 4.69) is 6.92 Å². The smallest absolute Gasteiger partial charge is 0.102 e. The summed E-state index contributed by atoms with van der Waals surface area (Å²) < 4.78 is 12.0. The van der Waals surface area contributed by atoms with E-state index in [9.17, 15) is 4.39 Å². The molecule has 0 saturated heterocycles. The van der Waals surface area contributed by atoms with Crippen molar-refractivity contribution < 1.29 is 4.39 Å². The molecular formula is C6H11FN. The minimum absolute atomic E-state index is 0.240. The predicted molar refractivity (Wildman–Crippen MR) is 32.9 cm³/mol. The highest BCUT2D eigenvalue weighted by Crippen LogP contribution is 1.98. The van der Waals surface area contributed by atoms with E-state index >= 15 is 0 Å². The molecule has 0 aliphatic heterocycles. The Bertz CT molecular complexity index is 78.6. The number of halogens is 1. The van der Waals surface area contributed by atoms with Gasteiger partial charge < -0.3 is 5.41 Å². The van der Waals surface area contributed by atoms with Crippen molar-refractivity contribution in [1.82, 2.24) is 0 Å². The first-order valence-corrected chi connectivity index (χ1v) is 2.66. The van der Waals surface area contributed by atoms with Gasteiger partial charge in [-0.15, -0.1) is 0 Å². The van der Waals surface area contributed by atoms with Gasteiger partial charge >= 0.3 is 0 Å². The van der Waals surface area contributed by atoms with E-state index in [4.69, 9.17) is 5.41 Å². The largest absolute Gasteiger partial charge is 0.310 e. The van der Waals surface area contributed by atoms with Gasteiger partial charge in [-0.1, -0.05) is 0 Å². The zero-order valence-electron chi connectivity index (χ0n) is 5.08. The highest BCUT2D eigenvalue weighted by Gasteiger charge is 1.99. The van der Waals surface area contributed by atoms with E-state index in [-0.39, 0.29) is 6.42 Å². The van der Waals surface area contributed by atoms with E-state index in [0.29, 0.717) is 12.1 Å². The summed E-state index contributed by atoms with van der Waals surface area (Å²) in [5.74, 6) is 0. The van der Waals surface area contributed by atoms with Crippen molar-refractivity contribution in [1.29, 1.82) is 5.41 Å². The first-order chi connectivity index (χ1) is 3.66. The third-order valence-corrected chi connectivity index (χ3v) is 0.829. The van der Waals surface area contributed by atoms with Crippen LogP contribution >= 0.6 is 0 Å². The van der Waals surface area contributed by atoms with Crippen molar-refractivity contribution in [2.75, 3.05) is 0 Å². The molecule has 0 spiro atoms. The highest BCUT2D eigenvalue weighted by atomic mass is 19.1. The number of alkyl halides is 1. The van der Waals surface area contributed by atoms with Crippen LogP contribution in [0.2, 0.25) is 0 Å². The van der Waals surface area contributed by atoms with Crippen molar-refractivity contribution in [3.63, 3.8) is 0 Å². The summed E-state index contributed by atoms with van der Waals surface area (Å²) >= 11 is 0. The molecule has 0 aliphatic rings. The number of nitrogens with one attached hydrogen (secondary N) is 1. The molecule has 0 fully saturated rings. The van der Waals surface area contributed by atoms with Crippen LogP contribution in [0.25, 0.3) is 0 Å². The minimum atomic E-state index is -0.885. The van der Waals surface area contributed by atoms with E-state index < -0.39 is 6.17 Å². The topological polar surface area (TPSA) is 23.9 Å². The Balaban J connectivity index is 3.25. The molecule has 1 atom stereocenters. The fourth-order valence-electron chi connectivity index (χ4n) is 0.442. The predicted octanol–water partition coefficient (Wildman–Crippen LogP) is 1.98. The summed E-state index contributed by atoms with van der Waals surface area (Å²) in [4.78, 5) is 0. The van der Waals surface area contributed by atoms with Gasteiger partial charge in [0.05, 0.1) is 0 Å². The van der Waals surface area contributed by atoms with Gasteiger partial charge in [0.15, 0.2) is 0 Å². The Morgan fingerprint density at radius 3 is 2.50 bits per heavy atom. The minimum Gasteiger partial charge on any atom is -0.310 e. The third-order valence-electron chi connectivity index (χ3n) is 0.829. The van der Waals surface area contributed by atoms with Crippen LogP contribution in [0.4, 0.5) is 4.39 Å². The van der Waals surface area contributed by atoms with Gasteiger partial charge in [0.25, 0.3) is 0 Å². The van der Waals surface area contributed by atoms with Crippen LogP contribution in [0.3, 0.4) is 0 Å². The molecule has 0 aromatic rings. The maximum Gasteiger partial charge on any atom is 0.102 e. The van der Waals surface area contributed by atoms with Crippen LogP contribution < -0.4 is 0 Å². The zero-order valence-corrected chi connectivity index (χ0v) is 5.08. The molecule has 2 heteroatoms. The maximum absolute atomic E-state index is 12.0. The molecule has 8 heavy (non-hydrogen) atoms. The second-order valence-electron chi connectivity index (χ2n) is 1.84. The second kappa shape index (κ2) is 3.58. The molecule has 0 aromatic carbocycles. The number of hydrogen-bond donors (Lipinski definition) is 1. The van der Waals surface area contributed by atoms with Gasteiger partial charge in [-0.05, 0) is 20.3 Å². The lowest BCUT2D eigenvalue weighted by molar-refractivity contribution is 0.371. The lowest BCUT2D eigenvalue weighted by Gasteiger charge is -1.98. The summed E-state index contributed by atoms with van der Waals surface area (Å²) in [6, 6.07) is 0. The third kappa shape index (κ3) is 3.78. The normalized spacial score (nSPS) is 13.4. The maximum atomic E-state index is 12.0. The van der Waals surface area contributed by atoms with Crippen LogP contribution in [0, 0.1) is 12.3 Å². The zero-order chi connectivity index (χ0) is 6.57. The lowest BCUT2D eigenvalue weighted by Crippen LogP contribution is -2.02. The summed E-state index contributed by atoms with van der Waals surface area (Å²) in [5, 5.41) is 6.97. The average Bonchev–Trinajstić information content (AvgIpc) is 1.65. The van der Waals surface area contributed by atoms with Gasteiger partial charge in [0, 0.05) is 12.1 Å². The Morgan fingerprint density at radius 1 is 1.88 bits per heavy atom. The lowest BCUT2D eigenvalue weighted by atomic mass is 10.2. The van der Waals surface area contributed by atoms with Crippen LogP contribution in [-0.4, -0.2) is 11.9 Å². The summed E-state index contributed by atoms with van der Waals surface area (Å²) in [5.41, 5.74) is 0.389.